The zero-order valence-electron chi connectivity index (χ0n) is 45.5. The Morgan fingerprint density at radius 3 is 1.18 bits per heavy atom. The van der Waals surface area contributed by atoms with E-state index in [9.17, 15) is 19.8 Å². The van der Waals surface area contributed by atoms with Gasteiger partial charge in [-0.3, -0.25) is 0 Å². The number of hydrogen-bond acceptors (Lipinski definition) is 14. The van der Waals surface area contributed by atoms with Crippen molar-refractivity contribution in [1.29, 1.82) is 0 Å². The predicted molar refractivity (Wildman–Crippen MR) is 281 cm³/mol. The quantitative estimate of drug-likeness (QED) is 0.0386. The number of methoxy groups -OCH3 is 3. The van der Waals surface area contributed by atoms with E-state index in [2.05, 4.69) is 80.5 Å². The van der Waals surface area contributed by atoms with Crippen molar-refractivity contribution in [3.63, 3.8) is 0 Å². The number of aliphatic hydroxyl groups is 2. The number of esters is 1. The predicted octanol–water partition coefficient (Wildman–Crippen LogP) is 8.66. The smallest absolute Gasteiger partial charge is 0.331 e. The molecule has 18 atom stereocenters. The van der Waals surface area contributed by atoms with Crippen molar-refractivity contribution >= 4 is 11.9 Å². The largest absolute Gasteiger partial charge is 0.478 e. The SMILES string of the molecule is C.CO[C@@H]1C(O)CC[C@]2(CO2)C1[C@@]1(C)O[C@@H]1CC=C(C)C.CO[C@@H]1C(OC(=O)/C=C/C=C/C=C/C=C/C(=O)O)CC[C@]2(CO2)C1[C@@]1(C)O[C@@H]1CC=C(C)C.CO[C@@H]1[C@H](O)CC[C@]2(CO2)[C@H]1[C@@]1(C)O[C@@H]1CC=C(C)C. The van der Waals surface area contributed by atoms with Crippen molar-refractivity contribution < 1.29 is 72.3 Å². The van der Waals surface area contributed by atoms with Crippen LogP contribution in [-0.4, -0.2) is 157 Å². The molecule has 3 N–H and O–H groups in total. The average molecular weight is 1040 g/mol. The van der Waals surface area contributed by atoms with Gasteiger partial charge >= 0.3 is 11.9 Å². The third kappa shape index (κ3) is 13.5. The fourth-order valence-corrected chi connectivity index (χ4v) is 12.7. The van der Waals surface area contributed by atoms with Gasteiger partial charge in [0, 0.05) is 33.5 Å². The number of aliphatic carboxylic acids is 1. The molecule has 3 aliphatic carbocycles. The van der Waals surface area contributed by atoms with E-state index in [1.807, 2.05) is 0 Å². The van der Waals surface area contributed by atoms with Gasteiger partial charge in [-0.15, -0.1) is 0 Å². The van der Waals surface area contributed by atoms with Gasteiger partial charge in [0.15, 0.2) is 0 Å². The number of carbonyl (C=O) groups excluding carboxylic acids is 1. The second-order valence-corrected chi connectivity index (χ2v) is 23.1. The number of hydrogen-bond donors (Lipinski definition) is 3. The molecule has 4 unspecified atom stereocenters. The summed E-state index contributed by atoms with van der Waals surface area (Å²) in [5.41, 5.74) is 2.57. The van der Waals surface area contributed by atoms with Crippen LogP contribution >= 0.6 is 0 Å². The summed E-state index contributed by atoms with van der Waals surface area (Å²) in [6.07, 6.45) is 24.8. The lowest BCUT2D eigenvalue weighted by Crippen LogP contribution is -2.55. The van der Waals surface area contributed by atoms with Crippen LogP contribution in [0.25, 0.3) is 0 Å². The molecule has 74 heavy (non-hydrogen) atoms. The monoisotopic (exact) mass is 1040 g/mol. The van der Waals surface area contributed by atoms with Gasteiger partial charge in [-0.1, -0.05) is 78.8 Å². The Balaban J connectivity index is 0.000000188. The maximum atomic E-state index is 12.4. The molecule has 6 aliphatic heterocycles. The van der Waals surface area contributed by atoms with Crippen molar-refractivity contribution in [3.8, 4) is 0 Å². The van der Waals surface area contributed by atoms with Crippen molar-refractivity contribution in [2.45, 2.75) is 216 Å². The number of aliphatic hydroxyl groups excluding tert-OH is 2. The molecule has 15 nitrogen and oxygen atoms in total. The number of ether oxygens (including phenoxy) is 10. The summed E-state index contributed by atoms with van der Waals surface area (Å²) < 4.78 is 58.6. The fourth-order valence-electron chi connectivity index (χ4n) is 12.7. The van der Waals surface area contributed by atoms with Gasteiger partial charge in [0.1, 0.15) is 34.6 Å². The molecule has 6 heterocycles. The highest BCUT2D eigenvalue weighted by Crippen LogP contribution is 2.62. The van der Waals surface area contributed by atoms with Crippen molar-refractivity contribution in [1.82, 2.24) is 0 Å². The molecular formula is C59H90O15. The van der Waals surface area contributed by atoms with Gasteiger partial charge in [0.05, 0.1) is 91.5 Å². The Kier molecular flexibility index (Phi) is 19.5. The normalized spacial score (nSPS) is 42.9. The first kappa shape index (κ1) is 59.9. The highest BCUT2D eigenvalue weighted by atomic mass is 16.7. The van der Waals surface area contributed by atoms with Gasteiger partial charge in [0.2, 0.25) is 0 Å². The summed E-state index contributed by atoms with van der Waals surface area (Å²) in [6, 6.07) is 0. The first-order chi connectivity index (χ1) is 34.6. The zero-order chi connectivity index (χ0) is 53.1. The molecule has 0 amide bonds. The molecule has 6 saturated heterocycles. The van der Waals surface area contributed by atoms with E-state index in [1.54, 1.807) is 51.7 Å². The van der Waals surface area contributed by atoms with Crippen molar-refractivity contribution in [3.05, 3.63) is 83.6 Å². The summed E-state index contributed by atoms with van der Waals surface area (Å²) in [5, 5.41) is 29.0. The van der Waals surface area contributed by atoms with Crippen LogP contribution in [0.5, 0.6) is 0 Å². The first-order valence-corrected chi connectivity index (χ1v) is 26.5. The molecule has 15 heteroatoms. The summed E-state index contributed by atoms with van der Waals surface area (Å²) in [4.78, 5) is 22.8. The van der Waals surface area contributed by atoms with Crippen LogP contribution in [0.4, 0.5) is 0 Å². The van der Waals surface area contributed by atoms with Gasteiger partial charge in [-0.2, -0.15) is 0 Å². The number of rotatable bonds is 18. The Hall–Kier alpha value is -3.32. The number of epoxide rings is 6. The van der Waals surface area contributed by atoms with Gasteiger partial charge < -0.3 is 62.7 Å². The number of allylic oxidation sites excluding steroid dienone is 9. The summed E-state index contributed by atoms with van der Waals surface area (Å²) in [7, 11) is 5.01. The van der Waals surface area contributed by atoms with Crippen LogP contribution < -0.4 is 0 Å². The number of carboxylic acid groups (broad SMARTS) is 1. The number of carbonyl (C=O) groups is 2. The lowest BCUT2D eigenvalue weighted by molar-refractivity contribution is -0.166. The van der Waals surface area contributed by atoms with Crippen LogP contribution in [0.2, 0.25) is 0 Å². The second kappa shape index (κ2) is 24.1. The molecule has 9 fully saturated rings. The maximum absolute atomic E-state index is 12.4. The van der Waals surface area contributed by atoms with E-state index in [0.29, 0.717) is 13.0 Å². The van der Waals surface area contributed by atoms with Crippen LogP contribution in [0.3, 0.4) is 0 Å². The lowest BCUT2D eigenvalue weighted by atomic mass is 9.68. The molecule has 416 valence electrons. The molecule has 0 bridgehead atoms. The Morgan fingerprint density at radius 1 is 0.527 bits per heavy atom. The topological polar surface area (TPSA) is 207 Å². The standard InChI is InChI=1S/C26H34O7.2C16H26O4.CH4/c1-18(2)13-14-20-25(3,33-20)24-23(30-4)19(15-16-26(24)17-31-26)32-22(29)12-10-8-6-5-7-9-11-21(27)28;2*1-10(2)5-6-12-15(3,20-12)14-13(18-4)11(17)7-8-16(14)9-19-16;/h5-13,19-20,23-24H,14-17H2,1-4H3,(H,27,28);2*5,11-14,17H,6-9H2,1-4H3;1H4/b7-5+,8-6+,11-9+,12-10+;;;/t19?,20-,23-,24?,25+,26+;11?,12-,13-,14?,15+,16+;11-,12-,13-,14-,15+,16+;/m111./s1. The molecule has 0 aromatic carbocycles. The van der Waals surface area contributed by atoms with Gasteiger partial charge in [-0.05, 0) is 120 Å². The Bertz CT molecular complexity index is 2070. The molecule has 3 saturated carbocycles. The van der Waals surface area contributed by atoms with E-state index in [4.69, 9.17) is 52.5 Å². The molecule has 0 aromatic heterocycles. The van der Waals surface area contributed by atoms with Gasteiger partial charge in [-0.25, -0.2) is 9.59 Å². The summed E-state index contributed by atoms with van der Waals surface area (Å²) in [5.74, 6) is -1.20. The van der Waals surface area contributed by atoms with E-state index in [0.717, 1.165) is 70.7 Å². The first-order valence-electron chi connectivity index (χ1n) is 26.5. The second-order valence-electron chi connectivity index (χ2n) is 23.1. The van der Waals surface area contributed by atoms with Crippen LogP contribution in [0.15, 0.2) is 83.6 Å². The van der Waals surface area contributed by atoms with E-state index >= 15 is 0 Å². The van der Waals surface area contributed by atoms with Crippen molar-refractivity contribution in [2.75, 3.05) is 41.2 Å². The minimum Gasteiger partial charge on any atom is -0.478 e. The van der Waals surface area contributed by atoms with Gasteiger partial charge in [0.25, 0.3) is 0 Å². The molecule has 9 aliphatic rings. The fraction of sp³-hybridized carbons (Fsp3) is 0.729. The third-order valence-electron chi connectivity index (χ3n) is 17.1. The highest BCUT2D eigenvalue weighted by molar-refractivity contribution is 5.82. The lowest BCUT2D eigenvalue weighted by Gasteiger charge is -2.42. The van der Waals surface area contributed by atoms with E-state index < -0.39 is 24.1 Å². The summed E-state index contributed by atoms with van der Waals surface area (Å²) >= 11 is 0. The third-order valence-corrected chi connectivity index (χ3v) is 17.1. The van der Waals surface area contributed by atoms with E-state index in [-0.39, 0.29) is 102 Å². The Morgan fingerprint density at radius 2 is 0.851 bits per heavy atom. The minimum absolute atomic E-state index is 0. The summed E-state index contributed by atoms with van der Waals surface area (Å²) in [6.45, 7) is 21.2. The number of carboxylic acids is 1. The van der Waals surface area contributed by atoms with Crippen LogP contribution in [0.1, 0.15) is 128 Å². The maximum Gasteiger partial charge on any atom is 0.331 e. The zero-order valence-corrected chi connectivity index (χ0v) is 45.5. The minimum atomic E-state index is -1.00. The molecule has 3 spiro atoms. The van der Waals surface area contributed by atoms with E-state index in [1.165, 1.54) is 28.9 Å². The molecule has 0 aromatic rings. The van der Waals surface area contributed by atoms with Crippen LogP contribution in [0, 0.1) is 17.8 Å². The molecular weight excluding hydrogens is 949 g/mol. The molecule has 0 radical (unpaired) electrons. The van der Waals surface area contributed by atoms with Crippen molar-refractivity contribution in [2.24, 2.45) is 17.8 Å². The average Bonchev–Trinajstić information content (AvgIpc) is 4.06. The Labute approximate surface area is 441 Å². The highest BCUT2D eigenvalue weighted by Gasteiger charge is 2.74. The van der Waals surface area contributed by atoms with Crippen LogP contribution in [-0.2, 0) is 57.0 Å². The molecule has 9 rings (SSSR count).